The highest BCUT2D eigenvalue weighted by Crippen LogP contribution is 2.31. The Morgan fingerprint density at radius 2 is 2.21 bits per heavy atom. The van der Waals surface area contributed by atoms with Gasteiger partial charge in [-0.05, 0) is 6.92 Å². The first kappa shape index (κ1) is 13.5. The first-order valence-electron chi connectivity index (χ1n) is 5.63. The normalized spacial score (nSPS) is 10.3. The van der Waals surface area contributed by atoms with Gasteiger partial charge in [0, 0.05) is 11.9 Å². The van der Waals surface area contributed by atoms with Crippen molar-refractivity contribution in [3.05, 3.63) is 22.4 Å². The zero-order valence-electron chi connectivity index (χ0n) is 11.0. The number of methoxy groups -OCH3 is 1. The Hall–Kier alpha value is -1.93. The number of hydrazine groups is 1. The van der Waals surface area contributed by atoms with E-state index in [1.165, 1.54) is 11.2 Å². The van der Waals surface area contributed by atoms with E-state index in [4.69, 9.17) is 10.6 Å². The summed E-state index contributed by atoms with van der Waals surface area (Å²) in [6, 6.07) is 0. The minimum atomic E-state index is 0.459. The van der Waals surface area contributed by atoms with E-state index in [-0.39, 0.29) is 0 Å². The molecular formula is C11H16N6OS. The molecular weight excluding hydrogens is 264 g/mol. The van der Waals surface area contributed by atoms with E-state index in [1.54, 1.807) is 18.4 Å². The van der Waals surface area contributed by atoms with Gasteiger partial charge < -0.3 is 15.1 Å². The first-order chi connectivity index (χ1) is 9.17. The Bertz CT molecular complexity index is 558. The Morgan fingerprint density at radius 1 is 1.42 bits per heavy atom. The molecule has 2 heterocycles. The first-order valence-corrected chi connectivity index (χ1v) is 6.51. The molecule has 0 amide bonds. The summed E-state index contributed by atoms with van der Waals surface area (Å²) in [7, 11) is 3.50. The Kier molecular flexibility index (Phi) is 4.13. The monoisotopic (exact) mass is 280 g/mol. The Morgan fingerprint density at radius 3 is 2.79 bits per heavy atom. The molecule has 0 bridgehead atoms. The number of aromatic nitrogens is 3. The lowest BCUT2D eigenvalue weighted by molar-refractivity contribution is 0.412. The van der Waals surface area contributed by atoms with E-state index in [0.717, 1.165) is 5.69 Å². The van der Waals surface area contributed by atoms with Gasteiger partial charge >= 0.3 is 0 Å². The molecule has 0 saturated carbocycles. The second kappa shape index (κ2) is 5.81. The zero-order valence-corrected chi connectivity index (χ0v) is 11.9. The number of nitrogens with one attached hydrogen (secondary N) is 1. The van der Waals surface area contributed by atoms with Crippen LogP contribution in [0.1, 0.15) is 10.6 Å². The average Bonchev–Trinajstić information content (AvgIpc) is 2.83. The van der Waals surface area contributed by atoms with Crippen LogP contribution in [0.2, 0.25) is 0 Å². The molecule has 0 aliphatic carbocycles. The number of aryl methyl sites for hydroxylation is 1. The molecule has 0 aromatic carbocycles. The van der Waals surface area contributed by atoms with Crippen LogP contribution in [0.3, 0.4) is 0 Å². The van der Waals surface area contributed by atoms with Crippen molar-refractivity contribution in [1.82, 2.24) is 15.0 Å². The molecule has 7 nitrogen and oxygen atoms in total. The molecule has 0 unspecified atom stereocenters. The number of nitrogens with two attached hydrogens (primary N) is 1. The highest BCUT2D eigenvalue weighted by molar-refractivity contribution is 7.09. The van der Waals surface area contributed by atoms with Crippen LogP contribution in [0, 0.1) is 6.92 Å². The molecule has 0 saturated heterocycles. The van der Waals surface area contributed by atoms with Gasteiger partial charge in [-0.1, -0.05) is 0 Å². The zero-order chi connectivity index (χ0) is 13.8. The van der Waals surface area contributed by atoms with E-state index < -0.39 is 0 Å². The van der Waals surface area contributed by atoms with Crippen molar-refractivity contribution in [2.45, 2.75) is 13.5 Å². The molecule has 0 spiro atoms. The topological polar surface area (TPSA) is 89.2 Å². The van der Waals surface area contributed by atoms with Gasteiger partial charge in [0.25, 0.3) is 0 Å². The highest BCUT2D eigenvalue weighted by atomic mass is 32.1. The van der Waals surface area contributed by atoms with Gasteiger partial charge in [-0.15, -0.1) is 11.3 Å². The molecule has 2 aromatic rings. The van der Waals surface area contributed by atoms with Crippen LogP contribution in [0.4, 0.5) is 11.6 Å². The van der Waals surface area contributed by atoms with Crippen molar-refractivity contribution in [3.63, 3.8) is 0 Å². The highest BCUT2D eigenvalue weighted by Gasteiger charge is 2.16. The summed E-state index contributed by atoms with van der Waals surface area (Å²) < 4.78 is 5.32. The average molecular weight is 280 g/mol. The lowest BCUT2D eigenvalue weighted by Crippen LogP contribution is -2.20. The predicted octanol–water partition coefficient (Wildman–Crippen LogP) is 1.17. The maximum atomic E-state index is 5.41. The molecule has 2 aromatic heterocycles. The number of nitrogen functional groups attached to an aromatic ring is 1. The largest absolute Gasteiger partial charge is 0.490 e. The second-order valence-corrected chi connectivity index (χ2v) is 4.88. The van der Waals surface area contributed by atoms with Crippen molar-refractivity contribution in [2.24, 2.45) is 5.84 Å². The maximum Gasteiger partial charge on any atom is 0.205 e. The van der Waals surface area contributed by atoms with Crippen molar-refractivity contribution in [3.8, 4) is 5.75 Å². The lowest BCUT2D eigenvalue weighted by Gasteiger charge is -2.20. The molecule has 0 fully saturated rings. The van der Waals surface area contributed by atoms with E-state index in [0.29, 0.717) is 23.9 Å². The van der Waals surface area contributed by atoms with Crippen LogP contribution >= 0.6 is 11.3 Å². The number of thiazole rings is 1. The van der Waals surface area contributed by atoms with Crippen molar-refractivity contribution in [1.29, 1.82) is 0 Å². The van der Waals surface area contributed by atoms with E-state index in [9.17, 15) is 0 Å². The van der Waals surface area contributed by atoms with Crippen LogP contribution in [0.5, 0.6) is 5.75 Å². The molecule has 0 atom stereocenters. The number of hydrogen-bond acceptors (Lipinski definition) is 8. The van der Waals surface area contributed by atoms with Gasteiger partial charge in [0.15, 0.2) is 11.6 Å². The van der Waals surface area contributed by atoms with Crippen LogP contribution in [-0.2, 0) is 6.54 Å². The fourth-order valence-corrected chi connectivity index (χ4v) is 2.52. The summed E-state index contributed by atoms with van der Waals surface area (Å²) >= 11 is 1.62. The third-order valence-electron chi connectivity index (χ3n) is 2.71. The smallest absolute Gasteiger partial charge is 0.205 e. The van der Waals surface area contributed by atoms with Crippen LogP contribution in [0.25, 0.3) is 0 Å². The standard InChI is InChI=1S/C11H16N6OS/c1-7-8(19-6-15-7)4-17(2)11-9(18-3)10(16-12)13-5-14-11/h5-6H,4,12H2,1-3H3,(H,13,14,16). The molecule has 8 heteroatoms. The van der Waals surface area contributed by atoms with Crippen LogP contribution in [-0.4, -0.2) is 29.1 Å². The number of hydrogen-bond donors (Lipinski definition) is 2. The quantitative estimate of drug-likeness (QED) is 0.627. The minimum Gasteiger partial charge on any atom is -0.490 e. The van der Waals surface area contributed by atoms with Gasteiger partial charge in [0.05, 0.1) is 24.9 Å². The third-order valence-corrected chi connectivity index (χ3v) is 3.63. The summed E-state index contributed by atoms with van der Waals surface area (Å²) in [5.41, 5.74) is 5.37. The fraction of sp³-hybridized carbons (Fsp3) is 0.364. The van der Waals surface area contributed by atoms with Gasteiger partial charge in [-0.3, -0.25) is 0 Å². The summed E-state index contributed by atoms with van der Waals surface area (Å²) in [4.78, 5) is 15.7. The van der Waals surface area contributed by atoms with E-state index >= 15 is 0 Å². The van der Waals surface area contributed by atoms with Crippen molar-refractivity contribution in [2.75, 3.05) is 24.5 Å². The third kappa shape index (κ3) is 2.74. The minimum absolute atomic E-state index is 0.459. The lowest BCUT2D eigenvalue weighted by atomic mass is 10.3. The van der Waals surface area contributed by atoms with Gasteiger partial charge in [0.2, 0.25) is 5.75 Å². The molecule has 0 aliphatic rings. The van der Waals surface area contributed by atoms with Gasteiger partial charge in [0.1, 0.15) is 6.33 Å². The number of ether oxygens (including phenoxy) is 1. The molecule has 102 valence electrons. The SMILES string of the molecule is COc1c(NN)ncnc1N(C)Cc1scnc1C. The summed E-state index contributed by atoms with van der Waals surface area (Å²) in [6.45, 7) is 2.69. The predicted molar refractivity (Wildman–Crippen MR) is 75.4 cm³/mol. The Labute approximate surface area is 115 Å². The van der Waals surface area contributed by atoms with Crippen molar-refractivity contribution >= 4 is 23.0 Å². The van der Waals surface area contributed by atoms with Gasteiger partial charge in [-0.25, -0.2) is 20.8 Å². The molecule has 19 heavy (non-hydrogen) atoms. The van der Waals surface area contributed by atoms with Gasteiger partial charge in [-0.2, -0.15) is 0 Å². The second-order valence-electron chi connectivity index (χ2n) is 3.94. The number of rotatable bonds is 5. The van der Waals surface area contributed by atoms with E-state index in [1.807, 2.05) is 24.4 Å². The molecule has 2 rings (SSSR count). The fourth-order valence-electron chi connectivity index (χ4n) is 1.70. The maximum absolute atomic E-state index is 5.41. The molecule has 0 radical (unpaired) electrons. The number of anilines is 2. The van der Waals surface area contributed by atoms with Crippen LogP contribution < -0.4 is 20.9 Å². The molecule has 0 aliphatic heterocycles. The van der Waals surface area contributed by atoms with Crippen molar-refractivity contribution < 1.29 is 4.74 Å². The van der Waals surface area contributed by atoms with Crippen LogP contribution in [0.15, 0.2) is 11.8 Å². The number of nitrogens with zero attached hydrogens (tertiary/aromatic N) is 4. The summed E-state index contributed by atoms with van der Waals surface area (Å²) in [5.74, 6) is 7.07. The Balaban J connectivity index is 2.28. The summed E-state index contributed by atoms with van der Waals surface area (Å²) in [5, 5.41) is 0. The summed E-state index contributed by atoms with van der Waals surface area (Å²) in [6.07, 6.45) is 1.45. The van der Waals surface area contributed by atoms with E-state index in [2.05, 4.69) is 20.4 Å². The molecule has 3 N–H and O–H groups in total.